The SMILES string of the molecule is O=C(c1ccc(NC2CCCCCC2)nc1)N1CCN(c2ccc(F)cc2)CC1. The highest BCUT2D eigenvalue weighted by Gasteiger charge is 2.23. The van der Waals surface area contributed by atoms with E-state index in [0.29, 0.717) is 24.7 Å². The van der Waals surface area contributed by atoms with E-state index in [0.717, 1.165) is 24.6 Å². The van der Waals surface area contributed by atoms with Crippen LogP contribution in [0.1, 0.15) is 48.9 Å². The van der Waals surface area contributed by atoms with Gasteiger partial charge in [0.25, 0.3) is 5.91 Å². The molecule has 2 aromatic rings. The number of nitrogens with one attached hydrogen (secondary N) is 1. The minimum absolute atomic E-state index is 0.0253. The van der Waals surface area contributed by atoms with Gasteiger partial charge in [-0.05, 0) is 49.2 Å². The lowest BCUT2D eigenvalue weighted by Crippen LogP contribution is -2.48. The topological polar surface area (TPSA) is 48.5 Å². The van der Waals surface area contributed by atoms with Crippen LogP contribution in [0.5, 0.6) is 0 Å². The normalized spacial score (nSPS) is 18.4. The zero-order valence-corrected chi connectivity index (χ0v) is 16.8. The Bertz CT molecular complexity index is 793. The number of aromatic nitrogens is 1. The molecule has 1 N–H and O–H groups in total. The first-order chi connectivity index (χ1) is 14.2. The first-order valence-corrected chi connectivity index (χ1v) is 10.7. The predicted molar refractivity (Wildman–Crippen MR) is 114 cm³/mol. The van der Waals surface area contributed by atoms with E-state index in [1.54, 1.807) is 18.3 Å². The van der Waals surface area contributed by atoms with Crippen molar-refractivity contribution in [2.45, 2.75) is 44.6 Å². The highest BCUT2D eigenvalue weighted by molar-refractivity contribution is 5.94. The summed E-state index contributed by atoms with van der Waals surface area (Å²) in [4.78, 5) is 21.4. The molecule has 1 saturated heterocycles. The van der Waals surface area contributed by atoms with Crippen LogP contribution in [0.4, 0.5) is 15.9 Å². The molecular weight excluding hydrogens is 367 g/mol. The Morgan fingerprint density at radius 3 is 2.24 bits per heavy atom. The van der Waals surface area contributed by atoms with E-state index in [1.807, 2.05) is 17.0 Å². The maximum Gasteiger partial charge on any atom is 0.255 e. The van der Waals surface area contributed by atoms with Gasteiger partial charge in [0, 0.05) is 44.1 Å². The molecule has 1 saturated carbocycles. The molecule has 0 bridgehead atoms. The van der Waals surface area contributed by atoms with Crippen LogP contribution in [-0.4, -0.2) is 48.0 Å². The lowest BCUT2D eigenvalue weighted by molar-refractivity contribution is 0.0746. The van der Waals surface area contributed by atoms with Crippen LogP contribution in [0.15, 0.2) is 42.6 Å². The van der Waals surface area contributed by atoms with Crippen molar-refractivity contribution in [1.82, 2.24) is 9.88 Å². The zero-order chi connectivity index (χ0) is 20.1. The number of rotatable bonds is 4. The molecular formula is C23H29FN4O. The van der Waals surface area contributed by atoms with Gasteiger partial charge >= 0.3 is 0 Å². The molecule has 154 valence electrons. The van der Waals surface area contributed by atoms with Crippen LogP contribution in [0.2, 0.25) is 0 Å². The van der Waals surface area contributed by atoms with Crippen LogP contribution >= 0.6 is 0 Å². The number of amides is 1. The molecule has 0 unspecified atom stereocenters. The van der Waals surface area contributed by atoms with Crippen molar-refractivity contribution in [2.24, 2.45) is 0 Å². The van der Waals surface area contributed by atoms with Crippen molar-refractivity contribution >= 4 is 17.4 Å². The monoisotopic (exact) mass is 396 g/mol. The van der Waals surface area contributed by atoms with Gasteiger partial charge in [0.15, 0.2) is 0 Å². The summed E-state index contributed by atoms with van der Waals surface area (Å²) in [6.45, 7) is 2.79. The highest BCUT2D eigenvalue weighted by atomic mass is 19.1. The first-order valence-electron chi connectivity index (χ1n) is 10.7. The summed E-state index contributed by atoms with van der Waals surface area (Å²) in [5, 5.41) is 3.53. The molecule has 1 aliphatic heterocycles. The van der Waals surface area contributed by atoms with E-state index >= 15 is 0 Å². The van der Waals surface area contributed by atoms with Gasteiger partial charge < -0.3 is 15.1 Å². The van der Waals surface area contributed by atoms with Crippen LogP contribution in [0, 0.1) is 5.82 Å². The molecule has 0 spiro atoms. The molecule has 6 heteroatoms. The molecule has 1 aromatic heterocycles. The number of hydrogen-bond acceptors (Lipinski definition) is 4. The average Bonchev–Trinajstić information content (AvgIpc) is 3.03. The van der Waals surface area contributed by atoms with Gasteiger partial charge in [-0.3, -0.25) is 4.79 Å². The molecule has 1 aromatic carbocycles. The molecule has 29 heavy (non-hydrogen) atoms. The second kappa shape index (κ2) is 9.25. The lowest BCUT2D eigenvalue weighted by Gasteiger charge is -2.36. The predicted octanol–water partition coefficient (Wildman–Crippen LogP) is 4.32. The number of halogens is 1. The third kappa shape index (κ3) is 5.05. The van der Waals surface area contributed by atoms with Gasteiger partial charge in [0.05, 0.1) is 5.56 Å². The largest absolute Gasteiger partial charge is 0.368 e. The number of nitrogens with zero attached hydrogens (tertiary/aromatic N) is 3. The number of pyridine rings is 1. The molecule has 2 fully saturated rings. The number of piperazine rings is 1. The van der Waals surface area contributed by atoms with Crippen molar-refractivity contribution in [1.29, 1.82) is 0 Å². The Balaban J connectivity index is 1.31. The standard InChI is InChI=1S/C23H29FN4O/c24-19-8-10-21(11-9-19)27-13-15-28(16-14-27)23(29)18-7-12-22(25-17-18)26-20-5-3-1-2-4-6-20/h7-12,17,20H,1-6,13-16H2,(H,25,26). The van der Waals surface area contributed by atoms with Gasteiger partial charge in [-0.1, -0.05) is 25.7 Å². The maximum atomic E-state index is 13.1. The smallest absolute Gasteiger partial charge is 0.255 e. The number of anilines is 2. The Hall–Kier alpha value is -2.63. The molecule has 4 rings (SSSR count). The van der Waals surface area contributed by atoms with E-state index in [9.17, 15) is 9.18 Å². The number of benzene rings is 1. The molecule has 1 amide bonds. The van der Waals surface area contributed by atoms with E-state index < -0.39 is 0 Å². The fourth-order valence-electron chi connectivity index (χ4n) is 4.24. The van der Waals surface area contributed by atoms with Crippen LogP contribution in [0.25, 0.3) is 0 Å². The van der Waals surface area contributed by atoms with Crippen molar-refractivity contribution in [3.05, 3.63) is 54.0 Å². The minimum Gasteiger partial charge on any atom is -0.368 e. The third-order valence-corrected chi connectivity index (χ3v) is 5.98. The molecule has 0 atom stereocenters. The van der Waals surface area contributed by atoms with E-state index in [4.69, 9.17) is 0 Å². The number of carbonyl (C=O) groups is 1. The van der Waals surface area contributed by atoms with Crippen LogP contribution in [0.3, 0.4) is 0 Å². The molecule has 2 aliphatic rings. The van der Waals surface area contributed by atoms with Gasteiger partial charge in [0.2, 0.25) is 0 Å². The van der Waals surface area contributed by atoms with Gasteiger partial charge in [-0.2, -0.15) is 0 Å². The number of hydrogen-bond donors (Lipinski definition) is 1. The zero-order valence-electron chi connectivity index (χ0n) is 16.8. The highest BCUT2D eigenvalue weighted by Crippen LogP contribution is 2.21. The van der Waals surface area contributed by atoms with Crippen molar-refractivity contribution in [3.8, 4) is 0 Å². The van der Waals surface area contributed by atoms with Gasteiger partial charge in [0.1, 0.15) is 11.6 Å². The van der Waals surface area contributed by atoms with Crippen molar-refractivity contribution in [2.75, 3.05) is 36.4 Å². The summed E-state index contributed by atoms with van der Waals surface area (Å²) < 4.78 is 13.1. The van der Waals surface area contributed by atoms with E-state index in [1.165, 1.54) is 50.7 Å². The Labute approximate surface area is 171 Å². The van der Waals surface area contributed by atoms with Gasteiger partial charge in [-0.15, -0.1) is 0 Å². The summed E-state index contributed by atoms with van der Waals surface area (Å²) in [6, 6.07) is 10.8. The van der Waals surface area contributed by atoms with Gasteiger partial charge in [-0.25, -0.2) is 9.37 Å². The maximum absolute atomic E-state index is 13.1. The summed E-state index contributed by atoms with van der Waals surface area (Å²) in [5.74, 6) is 0.652. The fraction of sp³-hybridized carbons (Fsp3) is 0.478. The van der Waals surface area contributed by atoms with E-state index in [2.05, 4.69) is 15.2 Å². The van der Waals surface area contributed by atoms with Crippen molar-refractivity contribution < 1.29 is 9.18 Å². The quantitative estimate of drug-likeness (QED) is 0.782. The van der Waals surface area contributed by atoms with E-state index in [-0.39, 0.29) is 11.7 Å². The molecule has 1 aliphatic carbocycles. The third-order valence-electron chi connectivity index (χ3n) is 5.98. The molecule has 2 heterocycles. The van der Waals surface area contributed by atoms with Crippen LogP contribution < -0.4 is 10.2 Å². The summed E-state index contributed by atoms with van der Waals surface area (Å²) in [6.07, 6.45) is 9.28. The lowest BCUT2D eigenvalue weighted by atomic mass is 10.1. The summed E-state index contributed by atoms with van der Waals surface area (Å²) in [7, 11) is 0. The first kappa shape index (κ1) is 19.7. The summed E-state index contributed by atoms with van der Waals surface area (Å²) >= 11 is 0. The fourth-order valence-corrected chi connectivity index (χ4v) is 4.24. The average molecular weight is 397 g/mol. The second-order valence-corrected chi connectivity index (χ2v) is 8.02. The second-order valence-electron chi connectivity index (χ2n) is 8.02. The number of carbonyl (C=O) groups excluding carboxylic acids is 1. The molecule has 5 nitrogen and oxygen atoms in total. The Morgan fingerprint density at radius 1 is 0.931 bits per heavy atom. The molecule has 0 radical (unpaired) electrons. The Morgan fingerprint density at radius 2 is 1.62 bits per heavy atom. The Kier molecular flexibility index (Phi) is 6.27. The van der Waals surface area contributed by atoms with Crippen LogP contribution in [-0.2, 0) is 0 Å². The summed E-state index contributed by atoms with van der Waals surface area (Å²) in [5.41, 5.74) is 1.63. The van der Waals surface area contributed by atoms with Crippen molar-refractivity contribution in [3.63, 3.8) is 0 Å². The minimum atomic E-state index is -0.230.